The van der Waals surface area contributed by atoms with Gasteiger partial charge in [0.05, 0.1) is 12.5 Å². The van der Waals surface area contributed by atoms with Gasteiger partial charge in [-0.2, -0.15) is 0 Å². The van der Waals surface area contributed by atoms with Crippen LogP contribution < -0.4 is 10.6 Å². The lowest BCUT2D eigenvalue weighted by Gasteiger charge is -2.32. The second kappa shape index (κ2) is 9.08. The first-order valence-electron chi connectivity index (χ1n) is 10.9. The van der Waals surface area contributed by atoms with E-state index in [-0.39, 0.29) is 30.1 Å². The summed E-state index contributed by atoms with van der Waals surface area (Å²) in [5, 5.41) is 6.06. The van der Waals surface area contributed by atoms with Crippen LogP contribution in [0.5, 0.6) is 0 Å². The molecular weight excluding hydrogens is 369 g/mol. The van der Waals surface area contributed by atoms with Gasteiger partial charge in [0.15, 0.2) is 0 Å². The Morgan fingerprint density at radius 1 is 1.17 bits per heavy atom. The van der Waals surface area contributed by atoms with Crippen molar-refractivity contribution in [2.24, 2.45) is 5.92 Å². The number of likely N-dealkylation sites (tertiary alicyclic amines) is 1. The van der Waals surface area contributed by atoms with Crippen LogP contribution in [0.3, 0.4) is 0 Å². The Balaban J connectivity index is 1.21. The van der Waals surface area contributed by atoms with E-state index in [9.17, 15) is 14.0 Å². The third-order valence-corrected chi connectivity index (χ3v) is 6.56. The van der Waals surface area contributed by atoms with Crippen LogP contribution in [0.1, 0.15) is 50.5 Å². The summed E-state index contributed by atoms with van der Waals surface area (Å²) in [7, 11) is 0. The van der Waals surface area contributed by atoms with Crippen molar-refractivity contribution in [2.75, 3.05) is 19.6 Å². The molecule has 0 aromatic heterocycles. The van der Waals surface area contributed by atoms with Gasteiger partial charge in [-0.3, -0.25) is 14.5 Å². The summed E-state index contributed by atoms with van der Waals surface area (Å²) in [6.45, 7) is 3.11. The highest BCUT2D eigenvalue weighted by molar-refractivity contribution is 6.02. The van der Waals surface area contributed by atoms with Gasteiger partial charge >= 0.3 is 0 Å². The van der Waals surface area contributed by atoms with E-state index in [1.165, 1.54) is 6.07 Å². The van der Waals surface area contributed by atoms with E-state index >= 15 is 0 Å². The fraction of sp³-hybridized carbons (Fsp3) is 0.565. The number of halogens is 1. The lowest BCUT2D eigenvalue weighted by Crippen LogP contribution is -2.38. The quantitative estimate of drug-likeness (QED) is 0.773. The minimum atomic E-state index is -0.145. The SMILES string of the molecule is O=C(CC1=C2CCCCC2NC1=O)NCC1CCN(Cc2ccccc2F)CC1. The molecule has 0 radical (unpaired) electrons. The third-order valence-electron chi connectivity index (χ3n) is 6.56. The number of amides is 2. The number of hydrogen-bond donors (Lipinski definition) is 2. The fourth-order valence-electron chi connectivity index (χ4n) is 4.82. The monoisotopic (exact) mass is 399 g/mol. The molecule has 2 fully saturated rings. The van der Waals surface area contributed by atoms with Gasteiger partial charge in [-0.1, -0.05) is 24.6 Å². The summed E-state index contributed by atoms with van der Waals surface area (Å²) in [4.78, 5) is 26.9. The summed E-state index contributed by atoms with van der Waals surface area (Å²) < 4.78 is 13.8. The van der Waals surface area contributed by atoms with Gasteiger partial charge in [-0.15, -0.1) is 0 Å². The van der Waals surface area contributed by atoms with Crippen molar-refractivity contribution in [2.45, 2.75) is 57.5 Å². The number of benzene rings is 1. The largest absolute Gasteiger partial charge is 0.356 e. The standard InChI is InChI=1S/C23H30FN3O2/c24-20-7-3-1-5-17(20)15-27-11-9-16(10-12-27)14-25-22(28)13-19-18-6-2-4-8-21(18)26-23(19)29/h1,3,5,7,16,21H,2,4,6,8-15H2,(H,25,28)(H,26,29). The van der Waals surface area contributed by atoms with Crippen LogP contribution in [-0.4, -0.2) is 42.4 Å². The van der Waals surface area contributed by atoms with Crippen molar-refractivity contribution in [3.8, 4) is 0 Å². The van der Waals surface area contributed by atoms with Crippen LogP contribution in [0.4, 0.5) is 4.39 Å². The smallest absolute Gasteiger partial charge is 0.248 e. The molecule has 0 bridgehead atoms. The summed E-state index contributed by atoms with van der Waals surface area (Å²) >= 11 is 0. The van der Waals surface area contributed by atoms with Gasteiger partial charge in [0.2, 0.25) is 11.8 Å². The number of carbonyl (C=O) groups is 2. The maximum Gasteiger partial charge on any atom is 0.248 e. The molecule has 2 amide bonds. The van der Waals surface area contributed by atoms with Crippen molar-refractivity contribution in [1.29, 1.82) is 0 Å². The van der Waals surface area contributed by atoms with Crippen molar-refractivity contribution in [1.82, 2.24) is 15.5 Å². The molecule has 1 saturated carbocycles. The summed E-state index contributed by atoms with van der Waals surface area (Å²) in [6, 6.07) is 7.10. The van der Waals surface area contributed by atoms with Crippen molar-refractivity contribution in [3.63, 3.8) is 0 Å². The van der Waals surface area contributed by atoms with E-state index in [0.717, 1.165) is 62.8 Å². The molecule has 1 aromatic carbocycles. The first-order chi connectivity index (χ1) is 14.1. The number of hydrogen-bond acceptors (Lipinski definition) is 3. The number of rotatable bonds is 6. The fourth-order valence-corrected chi connectivity index (χ4v) is 4.82. The van der Waals surface area contributed by atoms with Crippen LogP contribution >= 0.6 is 0 Å². The lowest BCUT2D eigenvalue weighted by atomic mass is 9.88. The minimum Gasteiger partial charge on any atom is -0.356 e. The van der Waals surface area contributed by atoms with E-state index in [4.69, 9.17) is 0 Å². The summed E-state index contributed by atoms with van der Waals surface area (Å²) in [5.74, 6) is 0.188. The lowest BCUT2D eigenvalue weighted by molar-refractivity contribution is -0.123. The number of carbonyl (C=O) groups excluding carboxylic acids is 2. The van der Waals surface area contributed by atoms with Crippen molar-refractivity contribution in [3.05, 3.63) is 46.8 Å². The Morgan fingerprint density at radius 3 is 2.76 bits per heavy atom. The van der Waals surface area contributed by atoms with E-state index in [0.29, 0.717) is 24.6 Å². The molecule has 29 heavy (non-hydrogen) atoms. The second-order valence-corrected chi connectivity index (χ2v) is 8.57. The molecule has 6 heteroatoms. The molecule has 1 saturated heterocycles. The molecule has 1 aromatic rings. The van der Waals surface area contributed by atoms with E-state index in [2.05, 4.69) is 15.5 Å². The highest BCUT2D eigenvalue weighted by Crippen LogP contribution is 2.32. The average molecular weight is 400 g/mol. The second-order valence-electron chi connectivity index (χ2n) is 8.57. The Kier molecular flexibility index (Phi) is 6.28. The number of piperidine rings is 1. The number of nitrogens with one attached hydrogen (secondary N) is 2. The van der Waals surface area contributed by atoms with Crippen LogP contribution in [-0.2, 0) is 16.1 Å². The molecule has 2 heterocycles. The molecule has 3 aliphatic rings. The zero-order valence-electron chi connectivity index (χ0n) is 16.9. The summed E-state index contributed by atoms with van der Waals surface area (Å²) in [5.41, 5.74) is 2.61. The number of nitrogens with zero attached hydrogens (tertiary/aromatic N) is 1. The predicted molar refractivity (Wildman–Crippen MR) is 109 cm³/mol. The molecule has 2 aliphatic heterocycles. The van der Waals surface area contributed by atoms with Crippen LogP contribution in [0.25, 0.3) is 0 Å². The molecule has 2 N–H and O–H groups in total. The van der Waals surface area contributed by atoms with Crippen LogP contribution in [0, 0.1) is 11.7 Å². The average Bonchev–Trinajstić information content (AvgIpc) is 3.04. The molecule has 1 atom stereocenters. The summed E-state index contributed by atoms with van der Waals surface area (Å²) in [6.07, 6.45) is 6.37. The van der Waals surface area contributed by atoms with Gasteiger partial charge < -0.3 is 10.6 Å². The normalized spacial score (nSPS) is 23.1. The van der Waals surface area contributed by atoms with Crippen molar-refractivity contribution >= 4 is 11.8 Å². The van der Waals surface area contributed by atoms with E-state index in [1.807, 2.05) is 12.1 Å². The Bertz CT molecular complexity index is 799. The van der Waals surface area contributed by atoms with E-state index in [1.54, 1.807) is 6.07 Å². The zero-order valence-corrected chi connectivity index (χ0v) is 16.9. The minimum absolute atomic E-state index is 0.0523. The zero-order chi connectivity index (χ0) is 20.2. The molecule has 156 valence electrons. The highest BCUT2D eigenvalue weighted by atomic mass is 19.1. The molecular formula is C23H30FN3O2. The van der Waals surface area contributed by atoms with Gasteiger partial charge in [-0.05, 0) is 62.8 Å². The molecule has 5 nitrogen and oxygen atoms in total. The van der Waals surface area contributed by atoms with Gasteiger partial charge in [0, 0.05) is 24.2 Å². The third kappa shape index (κ3) is 4.86. The maximum atomic E-state index is 13.8. The van der Waals surface area contributed by atoms with Crippen LogP contribution in [0.2, 0.25) is 0 Å². The first-order valence-corrected chi connectivity index (χ1v) is 10.9. The predicted octanol–water partition coefficient (Wildman–Crippen LogP) is 2.91. The van der Waals surface area contributed by atoms with Crippen molar-refractivity contribution < 1.29 is 14.0 Å². The van der Waals surface area contributed by atoms with Gasteiger partial charge in [0.25, 0.3) is 0 Å². The molecule has 1 aliphatic carbocycles. The Labute approximate surface area is 171 Å². The molecule has 4 rings (SSSR count). The molecule has 1 unspecified atom stereocenters. The maximum absolute atomic E-state index is 13.8. The van der Waals surface area contributed by atoms with Gasteiger partial charge in [0.1, 0.15) is 5.82 Å². The first kappa shape index (κ1) is 20.1. The van der Waals surface area contributed by atoms with Crippen LogP contribution in [0.15, 0.2) is 35.4 Å². The Hall–Kier alpha value is -2.21. The van der Waals surface area contributed by atoms with E-state index < -0.39 is 0 Å². The highest BCUT2D eigenvalue weighted by Gasteiger charge is 2.33. The molecule has 0 spiro atoms. The Morgan fingerprint density at radius 2 is 1.97 bits per heavy atom. The number of fused-ring (bicyclic) bond motifs is 1. The topological polar surface area (TPSA) is 61.4 Å². The van der Waals surface area contributed by atoms with Gasteiger partial charge in [-0.25, -0.2) is 4.39 Å².